The van der Waals surface area contributed by atoms with E-state index >= 15 is 0 Å². The van der Waals surface area contributed by atoms with Gasteiger partial charge in [0.15, 0.2) is 5.78 Å². The highest BCUT2D eigenvalue weighted by molar-refractivity contribution is 5.85. The Bertz CT molecular complexity index is 143. The Hall–Kier alpha value is -0.410. The number of ether oxygens (including phenoxy) is 1. The Morgan fingerprint density at radius 3 is 2.73 bits per heavy atom. The molecule has 0 radical (unpaired) electrons. The fourth-order valence-electron chi connectivity index (χ4n) is 1.30. The number of rotatable bonds is 4. The summed E-state index contributed by atoms with van der Waals surface area (Å²) in [6.45, 7) is 0.164. The van der Waals surface area contributed by atoms with E-state index in [0.717, 1.165) is 12.8 Å². The third-order valence-electron chi connectivity index (χ3n) is 2.32. The van der Waals surface area contributed by atoms with Crippen molar-refractivity contribution in [3.8, 4) is 0 Å². The Balaban J connectivity index is 2.27. The molecule has 1 rings (SSSR count). The fraction of sp³-hybridized carbons (Fsp3) is 0.875. The van der Waals surface area contributed by atoms with Gasteiger partial charge in [0, 0.05) is 7.11 Å². The van der Waals surface area contributed by atoms with Gasteiger partial charge < -0.3 is 10.5 Å². The molecule has 0 bridgehead atoms. The van der Waals surface area contributed by atoms with Gasteiger partial charge in [-0.25, -0.2) is 0 Å². The van der Waals surface area contributed by atoms with Gasteiger partial charge in [-0.15, -0.1) is 0 Å². The van der Waals surface area contributed by atoms with E-state index in [4.69, 9.17) is 10.5 Å². The van der Waals surface area contributed by atoms with Crippen LogP contribution < -0.4 is 5.73 Å². The fourth-order valence-corrected chi connectivity index (χ4v) is 1.30. The topological polar surface area (TPSA) is 52.3 Å². The van der Waals surface area contributed by atoms with Crippen molar-refractivity contribution in [1.82, 2.24) is 0 Å². The van der Waals surface area contributed by atoms with Crippen LogP contribution in [-0.4, -0.2) is 25.5 Å². The number of hydrogen-bond acceptors (Lipinski definition) is 3. The molecule has 64 valence electrons. The monoisotopic (exact) mass is 157 g/mol. The minimum absolute atomic E-state index is 0.0391. The smallest absolute Gasteiger partial charge is 0.175 e. The van der Waals surface area contributed by atoms with Crippen LogP contribution in [0.3, 0.4) is 0 Å². The highest BCUT2D eigenvalue weighted by Gasteiger charge is 2.28. The number of carbonyl (C=O) groups is 1. The van der Waals surface area contributed by atoms with E-state index in [1.54, 1.807) is 0 Å². The normalized spacial score (nSPS) is 20.9. The summed E-state index contributed by atoms with van der Waals surface area (Å²) in [6.07, 6.45) is 3.44. The number of hydrogen-bond donors (Lipinski definition) is 1. The Kier molecular flexibility index (Phi) is 3.02. The number of methoxy groups -OCH3 is 1. The van der Waals surface area contributed by atoms with Crippen LogP contribution in [0.4, 0.5) is 0 Å². The van der Waals surface area contributed by atoms with E-state index < -0.39 is 0 Å². The summed E-state index contributed by atoms with van der Waals surface area (Å²) < 4.78 is 4.71. The van der Waals surface area contributed by atoms with E-state index in [2.05, 4.69) is 0 Å². The van der Waals surface area contributed by atoms with Crippen molar-refractivity contribution in [2.75, 3.05) is 13.7 Å². The molecular formula is C8H15NO2. The number of carbonyl (C=O) groups excluding carboxylic acids is 1. The Labute approximate surface area is 66.9 Å². The van der Waals surface area contributed by atoms with Crippen molar-refractivity contribution in [1.29, 1.82) is 0 Å². The molecule has 1 fully saturated rings. The summed E-state index contributed by atoms with van der Waals surface area (Å²) in [5, 5.41) is 0. The molecule has 0 heterocycles. The first-order valence-corrected chi connectivity index (χ1v) is 4.03. The van der Waals surface area contributed by atoms with Gasteiger partial charge in [-0.2, -0.15) is 0 Å². The van der Waals surface area contributed by atoms with Crippen LogP contribution in [0, 0.1) is 5.92 Å². The molecular weight excluding hydrogens is 142 g/mol. The number of Topliss-reactive ketones (excluding diaryl/α,β-unsaturated/α-hetero) is 1. The van der Waals surface area contributed by atoms with Gasteiger partial charge >= 0.3 is 0 Å². The first-order valence-electron chi connectivity index (χ1n) is 4.03. The second-order valence-electron chi connectivity index (χ2n) is 3.12. The standard InChI is InChI=1S/C8H15NO2/c1-11-5-7(10)8(9)6-3-2-4-6/h6,8H,2-5,9H2,1H3. The quantitative estimate of drug-likeness (QED) is 0.639. The number of ketones is 1. The first kappa shape index (κ1) is 8.68. The van der Waals surface area contributed by atoms with E-state index in [9.17, 15) is 4.79 Å². The second kappa shape index (κ2) is 3.83. The zero-order valence-electron chi connectivity index (χ0n) is 6.88. The van der Waals surface area contributed by atoms with Crippen molar-refractivity contribution in [3.63, 3.8) is 0 Å². The van der Waals surface area contributed by atoms with Crippen molar-refractivity contribution in [2.45, 2.75) is 25.3 Å². The molecule has 0 aromatic rings. The zero-order valence-corrected chi connectivity index (χ0v) is 6.88. The number of nitrogens with two attached hydrogens (primary N) is 1. The molecule has 0 amide bonds. The lowest BCUT2D eigenvalue weighted by molar-refractivity contribution is -0.125. The molecule has 0 aromatic heterocycles. The predicted octanol–water partition coefficient (Wildman–Crippen LogP) is 0.329. The molecule has 1 saturated carbocycles. The lowest BCUT2D eigenvalue weighted by Crippen LogP contribution is -2.42. The zero-order chi connectivity index (χ0) is 8.27. The van der Waals surface area contributed by atoms with Gasteiger partial charge in [0.25, 0.3) is 0 Å². The van der Waals surface area contributed by atoms with E-state index in [1.807, 2.05) is 0 Å². The summed E-state index contributed by atoms with van der Waals surface area (Å²) >= 11 is 0. The summed E-state index contributed by atoms with van der Waals surface area (Å²) in [5.74, 6) is 0.467. The maximum atomic E-state index is 11.1. The molecule has 1 aliphatic rings. The van der Waals surface area contributed by atoms with Gasteiger partial charge in [-0.05, 0) is 18.8 Å². The summed E-state index contributed by atoms with van der Waals surface area (Å²) in [4.78, 5) is 11.1. The predicted molar refractivity (Wildman–Crippen MR) is 42.2 cm³/mol. The van der Waals surface area contributed by atoms with Crippen LogP contribution in [-0.2, 0) is 9.53 Å². The van der Waals surface area contributed by atoms with Crippen LogP contribution in [0.5, 0.6) is 0 Å². The minimum atomic E-state index is -0.274. The van der Waals surface area contributed by atoms with E-state index in [1.165, 1.54) is 13.5 Å². The molecule has 3 nitrogen and oxygen atoms in total. The minimum Gasteiger partial charge on any atom is -0.377 e. The first-order chi connectivity index (χ1) is 5.25. The molecule has 1 aliphatic carbocycles. The van der Waals surface area contributed by atoms with Crippen LogP contribution >= 0.6 is 0 Å². The lowest BCUT2D eigenvalue weighted by Gasteiger charge is -2.29. The van der Waals surface area contributed by atoms with Gasteiger partial charge in [0.2, 0.25) is 0 Å². The Morgan fingerprint density at radius 1 is 1.73 bits per heavy atom. The summed E-state index contributed by atoms with van der Waals surface area (Å²) in [6, 6.07) is -0.274. The van der Waals surface area contributed by atoms with Crippen molar-refractivity contribution in [3.05, 3.63) is 0 Å². The van der Waals surface area contributed by atoms with E-state index in [0.29, 0.717) is 5.92 Å². The summed E-state index contributed by atoms with van der Waals surface area (Å²) in [5.41, 5.74) is 5.68. The third kappa shape index (κ3) is 2.01. The van der Waals surface area contributed by atoms with Gasteiger partial charge in [-0.1, -0.05) is 6.42 Å². The van der Waals surface area contributed by atoms with Crippen LogP contribution in [0.15, 0.2) is 0 Å². The molecule has 1 atom stereocenters. The van der Waals surface area contributed by atoms with Crippen molar-refractivity contribution >= 4 is 5.78 Å². The average molecular weight is 157 g/mol. The van der Waals surface area contributed by atoms with Gasteiger partial charge in [-0.3, -0.25) is 4.79 Å². The van der Waals surface area contributed by atoms with Crippen LogP contribution in [0.2, 0.25) is 0 Å². The summed E-state index contributed by atoms with van der Waals surface area (Å²) in [7, 11) is 1.52. The lowest BCUT2D eigenvalue weighted by atomic mass is 9.79. The maximum absolute atomic E-state index is 11.1. The third-order valence-corrected chi connectivity index (χ3v) is 2.32. The van der Waals surface area contributed by atoms with Crippen LogP contribution in [0.25, 0.3) is 0 Å². The molecule has 1 unspecified atom stereocenters. The van der Waals surface area contributed by atoms with E-state index in [-0.39, 0.29) is 18.4 Å². The van der Waals surface area contributed by atoms with Crippen LogP contribution in [0.1, 0.15) is 19.3 Å². The maximum Gasteiger partial charge on any atom is 0.175 e. The molecule has 0 aliphatic heterocycles. The van der Waals surface area contributed by atoms with Gasteiger partial charge in [0.1, 0.15) is 6.61 Å². The highest BCUT2D eigenvalue weighted by atomic mass is 16.5. The molecule has 11 heavy (non-hydrogen) atoms. The van der Waals surface area contributed by atoms with Crippen molar-refractivity contribution < 1.29 is 9.53 Å². The van der Waals surface area contributed by atoms with Gasteiger partial charge in [0.05, 0.1) is 6.04 Å². The molecule has 2 N–H and O–H groups in total. The molecule has 0 aromatic carbocycles. The molecule has 0 saturated heterocycles. The second-order valence-corrected chi connectivity index (χ2v) is 3.12. The average Bonchev–Trinajstić information content (AvgIpc) is 1.84. The molecule has 3 heteroatoms. The molecule has 0 spiro atoms. The highest BCUT2D eigenvalue weighted by Crippen LogP contribution is 2.28. The largest absolute Gasteiger partial charge is 0.377 e. The van der Waals surface area contributed by atoms with Crippen molar-refractivity contribution in [2.24, 2.45) is 11.7 Å². The Morgan fingerprint density at radius 2 is 2.36 bits per heavy atom. The SMILES string of the molecule is COCC(=O)C(N)C1CCC1.